The number of aromatic hydroxyl groups is 1. The fourth-order valence-electron chi connectivity index (χ4n) is 2.84. The highest BCUT2D eigenvalue weighted by Gasteiger charge is 2.14. The Morgan fingerprint density at radius 3 is 2.52 bits per heavy atom. The van der Waals surface area contributed by atoms with Crippen molar-refractivity contribution in [3.63, 3.8) is 0 Å². The topological polar surface area (TPSA) is 90.7 Å². The molecule has 0 radical (unpaired) electrons. The normalized spacial score (nSPS) is 11.6. The van der Waals surface area contributed by atoms with Crippen molar-refractivity contribution in [2.75, 3.05) is 26.2 Å². The van der Waals surface area contributed by atoms with Crippen LogP contribution in [-0.4, -0.2) is 52.0 Å². The maximum absolute atomic E-state index is 12.2. The predicted octanol–water partition coefficient (Wildman–Crippen LogP) is 2.00. The molecule has 0 saturated carbocycles. The Hall–Kier alpha value is -2.67. The van der Waals surface area contributed by atoms with E-state index in [0.717, 1.165) is 41.7 Å². The number of aliphatic imine (C=N–C) groups is 1. The second-order valence-corrected chi connectivity index (χ2v) is 6.52. The van der Waals surface area contributed by atoms with Crippen LogP contribution >= 0.6 is 0 Å². The first-order chi connectivity index (χ1) is 12.9. The third-order valence-electron chi connectivity index (χ3n) is 4.75. The van der Waals surface area contributed by atoms with Gasteiger partial charge in [-0.2, -0.15) is 0 Å². The van der Waals surface area contributed by atoms with E-state index in [-0.39, 0.29) is 5.56 Å². The van der Waals surface area contributed by atoms with Gasteiger partial charge in [-0.25, -0.2) is 9.36 Å². The van der Waals surface area contributed by atoms with Gasteiger partial charge in [-0.3, -0.25) is 14.8 Å². The van der Waals surface area contributed by atoms with E-state index in [0.29, 0.717) is 12.2 Å². The molecule has 7 nitrogen and oxygen atoms in total. The van der Waals surface area contributed by atoms with E-state index >= 15 is 0 Å². The molecule has 1 aromatic carbocycles. The van der Waals surface area contributed by atoms with Crippen molar-refractivity contribution in [3.8, 4) is 11.6 Å². The SMILES string of the molecule is CCN(CC)CCCN=Cc1c(O)n(-c2ccc(C)c(C)c2)c(=O)[nH]c1=O. The van der Waals surface area contributed by atoms with Gasteiger partial charge >= 0.3 is 5.69 Å². The van der Waals surface area contributed by atoms with Gasteiger partial charge in [0.05, 0.1) is 5.69 Å². The molecule has 2 N–H and O–H groups in total. The van der Waals surface area contributed by atoms with Crippen LogP contribution in [0.3, 0.4) is 0 Å². The molecule has 7 heteroatoms. The van der Waals surface area contributed by atoms with Gasteiger partial charge in [-0.05, 0) is 63.2 Å². The molecule has 0 aliphatic rings. The summed E-state index contributed by atoms with van der Waals surface area (Å²) in [5.74, 6) is -0.403. The lowest BCUT2D eigenvalue weighted by molar-refractivity contribution is 0.302. The second-order valence-electron chi connectivity index (χ2n) is 6.52. The minimum absolute atomic E-state index is 0.0179. The zero-order valence-electron chi connectivity index (χ0n) is 16.5. The maximum Gasteiger partial charge on any atom is 0.335 e. The Balaban J connectivity index is 2.28. The summed E-state index contributed by atoms with van der Waals surface area (Å²) in [4.78, 5) is 33.1. The van der Waals surface area contributed by atoms with Crippen LogP contribution in [0.25, 0.3) is 5.69 Å². The Labute approximate surface area is 159 Å². The van der Waals surface area contributed by atoms with Crippen molar-refractivity contribution in [3.05, 3.63) is 55.7 Å². The molecule has 0 fully saturated rings. The molecule has 0 saturated heterocycles. The molecule has 1 heterocycles. The number of H-pyrrole nitrogens is 1. The number of aromatic nitrogens is 2. The maximum atomic E-state index is 12.2. The van der Waals surface area contributed by atoms with Crippen molar-refractivity contribution < 1.29 is 5.11 Å². The first-order valence-electron chi connectivity index (χ1n) is 9.27. The van der Waals surface area contributed by atoms with Crippen molar-refractivity contribution in [1.29, 1.82) is 0 Å². The quantitative estimate of drug-likeness (QED) is 0.548. The van der Waals surface area contributed by atoms with Gasteiger partial charge in [0.15, 0.2) is 0 Å². The smallest absolute Gasteiger partial charge is 0.335 e. The molecule has 27 heavy (non-hydrogen) atoms. The van der Waals surface area contributed by atoms with Crippen molar-refractivity contribution >= 4 is 6.21 Å². The lowest BCUT2D eigenvalue weighted by Crippen LogP contribution is -2.31. The van der Waals surface area contributed by atoms with Gasteiger partial charge in [0.2, 0.25) is 5.88 Å². The third-order valence-corrected chi connectivity index (χ3v) is 4.75. The number of aryl methyl sites for hydroxylation is 2. The Bertz CT molecular complexity index is 924. The standard InChI is InChI=1S/C20H28N4O3/c1-5-23(6-2)11-7-10-21-13-17-18(25)22-20(27)24(19(17)26)16-9-8-14(3)15(4)12-16/h8-9,12-13,26H,5-7,10-11H2,1-4H3,(H,22,25,27). The summed E-state index contributed by atoms with van der Waals surface area (Å²) < 4.78 is 1.09. The number of benzene rings is 1. The van der Waals surface area contributed by atoms with E-state index in [1.807, 2.05) is 19.9 Å². The third kappa shape index (κ3) is 4.95. The van der Waals surface area contributed by atoms with Gasteiger partial charge < -0.3 is 10.0 Å². The average molecular weight is 372 g/mol. The van der Waals surface area contributed by atoms with Crippen LogP contribution in [-0.2, 0) is 0 Å². The summed E-state index contributed by atoms with van der Waals surface area (Å²) in [6.45, 7) is 11.5. The zero-order valence-corrected chi connectivity index (χ0v) is 16.5. The van der Waals surface area contributed by atoms with Crippen LogP contribution in [0.2, 0.25) is 0 Å². The minimum atomic E-state index is -0.681. The highest BCUT2D eigenvalue weighted by molar-refractivity contribution is 5.82. The van der Waals surface area contributed by atoms with Gasteiger partial charge in [-0.1, -0.05) is 19.9 Å². The molecular formula is C20H28N4O3. The average Bonchev–Trinajstić information content (AvgIpc) is 2.63. The lowest BCUT2D eigenvalue weighted by atomic mass is 10.1. The van der Waals surface area contributed by atoms with Crippen LogP contribution in [0.1, 0.15) is 37.0 Å². The largest absolute Gasteiger partial charge is 0.493 e. The summed E-state index contributed by atoms with van der Waals surface area (Å²) >= 11 is 0. The van der Waals surface area contributed by atoms with Crippen molar-refractivity contribution in [2.24, 2.45) is 4.99 Å². The van der Waals surface area contributed by atoms with Crippen molar-refractivity contribution in [1.82, 2.24) is 14.5 Å². The van der Waals surface area contributed by atoms with Crippen LogP contribution in [0, 0.1) is 13.8 Å². The number of nitrogens with one attached hydrogen (secondary N) is 1. The second kappa shape index (κ2) is 9.32. The van der Waals surface area contributed by atoms with E-state index in [1.54, 1.807) is 12.1 Å². The van der Waals surface area contributed by atoms with Crippen LogP contribution in [0.5, 0.6) is 5.88 Å². The monoisotopic (exact) mass is 372 g/mol. The number of rotatable bonds is 8. The number of aromatic amines is 1. The fourth-order valence-corrected chi connectivity index (χ4v) is 2.84. The molecule has 2 aromatic rings. The van der Waals surface area contributed by atoms with Crippen molar-refractivity contribution in [2.45, 2.75) is 34.1 Å². The van der Waals surface area contributed by atoms with Crippen LogP contribution in [0.4, 0.5) is 0 Å². The van der Waals surface area contributed by atoms with Crippen LogP contribution < -0.4 is 11.2 Å². The molecule has 0 atom stereocenters. The molecule has 0 amide bonds. The lowest BCUT2D eigenvalue weighted by Gasteiger charge is -2.16. The van der Waals surface area contributed by atoms with Gasteiger partial charge in [0.1, 0.15) is 5.56 Å². The molecule has 0 unspecified atom stereocenters. The molecule has 0 aliphatic heterocycles. The summed E-state index contributed by atoms with van der Waals surface area (Å²) in [5.41, 5.74) is 1.20. The molecule has 146 valence electrons. The van der Waals surface area contributed by atoms with Gasteiger partial charge in [0, 0.05) is 12.8 Å². The van der Waals surface area contributed by atoms with E-state index in [1.165, 1.54) is 6.21 Å². The summed E-state index contributed by atoms with van der Waals surface area (Å²) in [7, 11) is 0. The molecule has 0 aliphatic carbocycles. The number of hydrogen-bond acceptors (Lipinski definition) is 5. The fraction of sp³-hybridized carbons (Fsp3) is 0.450. The molecule has 0 bridgehead atoms. The minimum Gasteiger partial charge on any atom is -0.493 e. The molecular weight excluding hydrogens is 344 g/mol. The summed E-state index contributed by atoms with van der Waals surface area (Å²) in [5, 5.41) is 10.5. The first-order valence-corrected chi connectivity index (χ1v) is 9.27. The van der Waals surface area contributed by atoms with Gasteiger partial charge in [0.25, 0.3) is 5.56 Å². The summed E-state index contributed by atoms with van der Waals surface area (Å²) in [6.07, 6.45) is 2.20. The molecule has 2 rings (SSSR count). The Morgan fingerprint density at radius 1 is 1.19 bits per heavy atom. The van der Waals surface area contributed by atoms with E-state index in [9.17, 15) is 14.7 Å². The zero-order chi connectivity index (χ0) is 20.0. The highest BCUT2D eigenvalue weighted by Crippen LogP contribution is 2.18. The number of nitrogens with zero attached hydrogens (tertiary/aromatic N) is 3. The molecule has 0 spiro atoms. The Morgan fingerprint density at radius 2 is 1.89 bits per heavy atom. The van der Waals surface area contributed by atoms with E-state index in [4.69, 9.17) is 0 Å². The van der Waals surface area contributed by atoms with Crippen LogP contribution in [0.15, 0.2) is 32.8 Å². The van der Waals surface area contributed by atoms with E-state index in [2.05, 4.69) is 28.7 Å². The highest BCUT2D eigenvalue weighted by atomic mass is 16.3. The first kappa shape index (κ1) is 20.6. The number of hydrogen-bond donors (Lipinski definition) is 2. The van der Waals surface area contributed by atoms with Gasteiger partial charge in [-0.15, -0.1) is 0 Å². The molecule has 1 aromatic heterocycles. The Kier molecular flexibility index (Phi) is 7.12. The van der Waals surface area contributed by atoms with E-state index < -0.39 is 17.1 Å². The summed E-state index contributed by atoms with van der Waals surface area (Å²) in [6, 6.07) is 5.38. The predicted molar refractivity (Wildman–Crippen MR) is 109 cm³/mol.